The molecule has 0 aromatic rings. The molecule has 2 atom stereocenters. The van der Waals surface area contributed by atoms with E-state index in [0.29, 0.717) is 25.0 Å². The fraction of sp³-hybridized carbons (Fsp3) is 1.00. The normalized spacial score (nSPS) is 29.6. The zero-order valence-electron chi connectivity index (χ0n) is 20.5. The van der Waals surface area contributed by atoms with E-state index in [1.54, 1.807) is 0 Å². The van der Waals surface area contributed by atoms with Gasteiger partial charge in [-0.2, -0.15) is 26.3 Å². The minimum absolute atomic E-state index is 0.103. The number of hydrogen-bond acceptors (Lipinski definition) is 2. The topological polar surface area (TPSA) is 18.5 Å². The van der Waals surface area contributed by atoms with Crippen LogP contribution in [0.25, 0.3) is 0 Å². The average Bonchev–Trinajstić information content (AvgIpc) is 2.75. The van der Waals surface area contributed by atoms with E-state index in [4.69, 9.17) is 9.47 Å². The molecule has 0 bridgehead atoms. The largest absolute Gasteiger partial charge is 0.403 e. The molecule has 0 heterocycles. The van der Waals surface area contributed by atoms with Crippen LogP contribution in [-0.4, -0.2) is 37.8 Å². The third kappa shape index (κ3) is 6.80. The standard InChI is InChI=1S/C25H42F6O2/c1-5-17(3)15-32-21-11-7-19(8-12-21)23(24(26,27)28,25(29,30)31)20-9-13-22(14-10-20)33-16-18(4)6-2/h17-22H,5-16H2,1-4H3. The predicted molar refractivity (Wildman–Crippen MR) is 117 cm³/mol. The van der Waals surface area contributed by atoms with Crippen LogP contribution in [0.4, 0.5) is 26.3 Å². The van der Waals surface area contributed by atoms with Crippen molar-refractivity contribution in [3.05, 3.63) is 0 Å². The number of halogens is 6. The molecule has 2 fully saturated rings. The Morgan fingerprint density at radius 1 is 0.606 bits per heavy atom. The molecule has 0 N–H and O–H groups in total. The van der Waals surface area contributed by atoms with Crippen LogP contribution in [0.15, 0.2) is 0 Å². The number of rotatable bonds is 10. The Morgan fingerprint density at radius 2 is 0.909 bits per heavy atom. The summed E-state index contributed by atoms with van der Waals surface area (Å²) in [5.74, 6) is -2.26. The molecule has 33 heavy (non-hydrogen) atoms. The van der Waals surface area contributed by atoms with E-state index in [9.17, 15) is 26.3 Å². The summed E-state index contributed by atoms with van der Waals surface area (Å²) in [5, 5.41) is 0. The summed E-state index contributed by atoms with van der Waals surface area (Å²) < 4.78 is 98.3. The molecular weight excluding hydrogens is 446 g/mol. The Labute approximate surface area is 195 Å². The lowest BCUT2D eigenvalue weighted by atomic mass is 9.57. The number of hydrogen-bond donors (Lipinski definition) is 0. The highest BCUT2D eigenvalue weighted by molar-refractivity contribution is 5.05. The molecule has 8 heteroatoms. The van der Waals surface area contributed by atoms with E-state index in [-0.39, 0.29) is 63.6 Å². The molecule has 196 valence electrons. The maximum atomic E-state index is 14.5. The van der Waals surface area contributed by atoms with E-state index < -0.39 is 29.6 Å². The first-order valence-corrected chi connectivity index (χ1v) is 12.7. The van der Waals surface area contributed by atoms with E-state index in [0.717, 1.165) is 12.8 Å². The van der Waals surface area contributed by atoms with E-state index in [1.807, 2.05) is 27.7 Å². The second-order valence-electron chi connectivity index (χ2n) is 10.5. The Bertz CT molecular complexity index is 510. The van der Waals surface area contributed by atoms with Crippen molar-refractivity contribution in [2.75, 3.05) is 13.2 Å². The highest BCUT2D eigenvalue weighted by atomic mass is 19.4. The maximum absolute atomic E-state index is 14.5. The molecule has 2 nitrogen and oxygen atoms in total. The van der Waals surface area contributed by atoms with Gasteiger partial charge < -0.3 is 9.47 Å². The van der Waals surface area contributed by atoms with Crippen molar-refractivity contribution in [2.45, 2.75) is 116 Å². The van der Waals surface area contributed by atoms with Gasteiger partial charge in [0, 0.05) is 13.2 Å². The quantitative estimate of drug-likeness (QED) is 0.288. The van der Waals surface area contributed by atoms with Crippen molar-refractivity contribution < 1.29 is 35.8 Å². The maximum Gasteiger partial charge on any atom is 0.403 e. The second-order valence-corrected chi connectivity index (χ2v) is 10.5. The Kier molecular flexibility index (Phi) is 10.4. The monoisotopic (exact) mass is 488 g/mol. The van der Waals surface area contributed by atoms with Crippen molar-refractivity contribution in [2.24, 2.45) is 29.1 Å². The minimum atomic E-state index is -5.34. The Balaban J connectivity index is 2.14. The smallest absolute Gasteiger partial charge is 0.378 e. The first-order valence-electron chi connectivity index (χ1n) is 12.7. The van der Waals surface area contributed by atoms with Gasteiger partial charge in [0.15, 0.2) is 5.41 Å². The lowest BCUT2D eigenvalue weighted by molar-refractivity contribution is -0.383. The van der Waals surface area contributed by atoms with Gasteiger partial charge >= 0.3 is 12.4 Å². The summed E-state index contributed by atoms with van der Waals surface area (Å²) in [6.07, 6.45) is -8.74. The zero-order chi connectivity index (χ0) is 24.9. The van der Waals surface area contributed by atoms with Crippen LogP contribution in [0, 0.1) is 29.1 Å². The van der Waals surface area contributed by atoms with Crippen molar-refractivity contribution in [1.82, 2.24) is 0 Å². The summed E-state index contributed by atoms with van der Waals surface area (Å²) >= 11 is 0. The van der Waals surface area contributed by atoms with Crippen LogP contribution in [0.2, 0.25) is 0 Å². The fourth-order valence-corrected chi connectivity index (χ4v) is 5.63. The predicted octanol–water partition coefficient (Wildman–Crippen LogP) is 8.34. The van der Waals surface area contributed by atoms with Crippen LogP contribution in [0.3, 0.4) is 0 Å². The molecule has 2 rings (SSSR count). The average molecular weight is 489 g/mol. The summed E-state index contributed by atoms with van der Waals surface area (Å²) in [7, 11) is 0. The highest BCUT2D eigenvalue weighted by Gasteiger charge is 2.76. The molecule has 2 aliphatic rings. The van der Waals surface area contributed by atoms with Crippen LogP contribution in [0.1, 0.15) is 91.9 Å². The zero-order valence-corrected chi connectivity index (χ0v) is 20.5. The molecular formula is C25H42F6O2. The second kappa shape index (κ2) is 12.0. The molecule has 2 aliphatic carbocycles. The van der Waals surface area contributed by atoms with Crippen molar-refractivity contribution >= 4 is 0 Å². The molecule has 0 radical (unpaired) electrons. The molecule has 2 saturated carbocycles. The lowest BCUT2D eigenvalue weighted by Gasteiger charge is -2.51. The summed E-state index contributed by atoms with van der Waals surface area (Å²) in [5.41, 5.74) is -3.65. The molecule has 0 saturated heterocycles. The van der Waals surface area contributed by atoms with Crippen LogP contribution < -0.4 is 0 Å². The number of alkyl halides is 6. The van der Waals surface area contributed by atoms with E-state index in [1.165, 1.54) is 0 Å². The highest BCUT2D eigenvalue weighted by Crippen LogP contribution is 2.64. The first-order chi connectivity index (χ1) is 15.4. The van der Waals surface area contributed by atoms with Gasteiger partial charge in [-0.15, -0.1) is 0 Å². The van der Waals surface area contributed by atoms with Gasteiger partial charge in [-0.25, -0.2) is 0 Å². The molecule has 0 spiro atoms. The molecule has 0 aromatic carbocycles. The van der Waals surface area contributed by atoms with Crippen molar-refractivity contribution in [3.63, 3.8) is 0 Å². The third-order valence-electron chi connectivity index (χ3n) is 8.20. The molecule has 0 aliphatic heterocycles. The van der Waals surface area contributed by atoms with E-state index in [2.05, 4.69) is 0 Å². The Hall–Kier alpha value is -0.500. The summed E-state index contributed by atoms with van der Waals surface area (Å²) in [6, 6.07) is 0. The fourth-order valence-electron chi connectivity index (χ4n) is 5.63. The number of ether oxygens (including phenoxy) is 2. The van der Waals surface area contributed by atoms with Gasteiger partial charge in [-0.3, -0.25) is 0 Å². The molecule has 0 aromatic heterocycles. The lowest BCUT2D eigenvalue weighted by Crippen LogP contribution is -2.61. The minimum Gasteiger partial charge on any atom is -0.378 e. The van der Waals surface area contributed by atoms with Gasteiger partial charge in [-0.1, -0.05) is 40.5 Å². The summed E-state index contributed by atoms with van der Waals surface area (Å²) in [4.78, 5) is 0. The van der Waals surface area contributed by atoms with Crippen LogP contribution in [0.5, 0.6) is 0 Å². The summed E-state index contributed by atoms with van der Waals surface area (Å²) in [6.45, 7) is 9.08. The van der Waals surface area contributed by atoms with Crippen molar-refractivity contribution in [3.8, 4) is 0 Å². The SMILES string of the molecule is CCC(C)COC1CCC(C(C2CCC(OCC(C)CC)CC2)(C(F)(F)F)C(F)(F)F)CC1. The molecule has 0 amide bonds. The Morgan fingerprint density at radius 3 is 1.15 bits per heavy atom. The van der Waals surface area contributed by atoms with E-state index >= 15 is 0 Å². The van der Waals surface area contributed by atoms with Gasteiger partial charge in [0.05, 0.1) is 12.2 Å². The molecule has 2 unspecified atom stereocenters. The first kappa shape index (κ1) is 28.7. The van der Waals surface area contributed by atoms with Gasteiger partial charge in [-0.05, 0) is 75.0 Å². The van der Waals surface area contributed by atoms with Gasteiger partial charge in [0.2, 0.25) is 0 Å². The van der Waals surface area contributed by atoms with Gasteiger partial charge in [0.1, 0.15) is 0 Å². The van der Waals surface area contributed by atoms with Crippen molar-refractivity contribution in [1.29, 1.82) is 0 Å². The van der Waals surface area contributed by atoms with Crippen LogP contribution >= 0.6 is 0 Å². The van der Waals surface area contributed by atoms with Crippen LogP contribution in [-0.2, 0) is 9.47 Å². The third-order valence-corrected chi connectivity index (χ3v) is 8.20. The van der Waals surface area contributed by atoms with Gasteiger partial charge in [0.25, 0.3) is 0 Å².